The molecule has 1 rings (SSSR count). The highest BCUT2D eigenvalue weighted by Gasteiger charge is 2.26. The first-order valence-corrected chi connectivity index (χ1v) is 8.20. The molecule has 0 aliphatic carbocycles. The third kappa shape index (κ3) is 4.21. The molecule has 0 atom stereocenters. The van der Waals surface area contributed by atoms with Crippen LogP contribution in [0.3, 0.4) is 0 Å². The maximum absolute atomic E-state index is 12.7. The molecule has 0 aromatic heterocycles. The zero-order valence-electron chi connectivity index (χ0n) is 12.7. The molecular weight excluding hydrogens is 288 g/mol. The van der Waals surface area contributed by atoms with Gasteiger partial charge in [0.25, 0.3) is 0 Å². The minimum absolute atomic E-state index is 0.0532. The fourth-order valence-corrected chi connectivity index (χ4v) is 3.60. The van der Waals surface area contributed by atoms with Gasteiger partial charge in [0.1, 0.15) is 10.6 Å². The van der Waals surface area contributed by atoms with Crippen molar-refractivity contribution in [1.82, 2.24) is 9.62 Å². The number of hydrogen-bond acceptors (Lipinski definition) is 4. The Kier molecular flexibility index (Phi) is 6.69. The third-order valence-electron chi connectivity index (χ3n) is 2.97. The number of ether oxygens (including phenoxy) is 1. The molecule has 0 fully saturated rings. The summed E-state index contributed by atoms with van der Waals surface area (Å²) in [5.74, 6) is 2.73. The average molecular weight is 310 g/mol. The van der Waals surface area contributed by atoms with Gasteiger partial charge in [-0.05, 0) is 31.2 Å². The normalized spacial score (nSPS) is 11.4. The van der Waals surface area contributed by atoms with Crippen LogP contribution in [0.1, 0.15) is 18.9 Å². The van der Waals surface area contributed by atoms with E-state index in [4.69, 9.17) is 11.2 Å². The van der Waals surface area contributed by atoms with E-state index in [0.29, 0.717) is 25.3 Å². The molecule has 0 aliphatic rings. The molecule has 0 radical (unpaired) electrons. The number of methoxy groups -OCH3 is 1. The molecule has 1 aromatic rings. The van der Waals surface area contributed by atoms with Gasteiger partial charge in [-0.25, -0.2) is 8.42 Å². The Morgan fingerprint density at radius 2 is 2.14 bits per heavy atom. The maximum atomic E-state index is 12.7. The van der Waals surface area contributed by atoms with Crippen LogP contribution < -0.4 is 10.1 Å². The summed E-state index contributed by atoms with van der Waals surface area (Å²) in [6, 6.07) is 5.06. The molecular formula is C15H22N2O3S. The lowest BCUT2D eigenvalue weighted by atomic mass is 10.2. The van der Waals surface area contributed by atoms with Gasteiger partial charge < -0.3 is 10.1 Å². The molecule has 0 saturated carbocycles. The predicted molar refractivity (Wildman–Crippen MR) is 83.6 cm³/mol. The van der Waals surface area contributed by atoms with E-state index in [1.54, 1.807) is 18.2 Å². The van der Waals surface area contributed by atoms with Crippen molar-refractivity contribution in [2.45, 2.75) is 24.8 Å². The van der Waals surface area contributed by atoms with Crippen molar-refractivity contribution >= 4 is 10.0 Å². The lowest BCUT2D eigenvalue weighted by Crippen LogP contribution is -2.32. The van der Waals surface area contributed by atoms with Crippen molar-refractivity contribution in [2.75, 3.05) is 27.2 Å². The smallest absolute Gasteiger partial charge is 0.247 e. The quantitative estimate of drug-likeness (QED) is 0.738. The first-order chi connectivity index (χ1) is 10.0. The van der Waals surface area contributed by atoms with Crippen molar-refractivity contribution in [3.63, 3.8) is 0 Å². The fraction of sp³-hybridized carbons (Fsp3) is 0.467. The summed E-state index contributed by atoms with van der Waals surface area (Å²) in [5, 5.41) is 3.01. The zero-order chi connectivity index (χ0) is 15.9. The average Bonchev–Trinajstić information content (AvgIpc) is 2.47. The van der Waals surface area contributed by atoms with E-state index in [1.165, 1.54) is 11.4 Å². The second kappa shape index (κ2) is 8.03. The molecule has 0 aliphatic heterocycles. The van der Waals surface area contributed by atoms with Gasteiger partial charge in [0.05, 0.1) is 13.7 Å². The molecule has 0 unspecified atom stereocenters. The van der Waals surface area contributed by atoms with Crippen LogP contribution in [-0.2, 0) is 16.6 Å². The van der Waals surface area contributed by atoms with Gasteiger partial charge in [0.2, 0.25) is 10.0 Å². The van der Waals surface area contributed by atoms with Crippen LogP contribution in [0.5, 0.6) is 5.75 Å². The van der Waals surface area contributed by atoms with Gasteiger partial charge in [-0.3, -0.25) is 0 Å². The summed E-state index contributed by atoms with van der Waals surface area (Å²) in [4.78, 5) is 0.147. The first kappa shape index (κ1) is 17.5. The van der Waals surface area contributed by atoms with E-state index in [1.807, 2.05) is 14.0 Å². The number of rotatable bonds is 8. The number of sulfonamides is 1. The van der Waals surface area contributed by atoms with Crippen molar-refractivity contribution in [2.24, 2.45) is 0 Å². The molecule has 5 nitrogen and oxygen atoms in total. The molecule has 0 amide bonds. The van der Waals surface area contributed by atoms with E-state index in [2.05, 4.69) is 11.2 Å². The molecule has 0 saturated heterocycles. The summed E-state index contributed by atoms with van der Waals surface area (Å²) in [6.07, 6.45) is 5.97. The number of nitrogens with zero attached hydrogens (tertiary/aromatic N) is 1. The van der Waals surface area contributed by atoms with Crippen molar-refractivity contribution in [3.8, 4) is 18.1 Å². The minimum atomic E-state index is -3.65. The standard InChI is InChI=1S/C15H22N2O3S/c1-5-9-17(10-6-2)21(18,19)15-8-7-13(12-16-3)11-14(15)20-4/h1,7-8,11,16H,6,9-10,12H2,2-4H3. The van der Waals surface area contributed by atoms with Crippen LogP contribution in [0.2, 0.25) is 0 Å². The summed E-state index contributed by atoms with van der Waals surface area (Å²) in [5.41, 5.74) is 0.951. The Balaban J connectivity index is 3.26. The van der Waals surface area contributed by atoms with Gasteiger partial charge >= 0.3 is 0 Å². The number of nitrogens with one attached hydrogen (secondary N) is 1. The van der Waals surface area contributed by atoms with Crippen LogP contribution in [0.4, 0.5) is 0 Å². The number of hydrogen-bond donors (Lipinski definition) is 1. The molecule has 0 heterocycles. The topological polar surface area (TPSA) is 58.6 Å². The van der Waals surface area contributed by atoms with Crippen LogP contribution in [0.25, 0.3) is 0 Å². The predicted octanol–water partition coefficient (Wildman–Crippen LogP) is 1.45. The Morgan fingerprint density at radius 1 is 1.43 bits per heavy atom. The van der Waals surface area contributed by atoms with Gasteiger partial charge in [0, 0.05) is 13.1 Å². The highest BCUT2D eigenvalue weighted by molar-refractivity contribution is 7.89. The van der Waals surface area contributed by atoms with Crippen LogP contribution in [0.15, 0.2) is 23.1 Å². The van der Waals surface area contributed by atoms with Gasteiger partial charge in [-0.1, -0.05) is 18.9 Å². The SMILES string of the molecule is C#CCN(CCC)S(=O)(=O)c1ccc(CNC)cc1OC. The second-order valence-corrected chi connectivity index (χ2v) is 6.46. The number of terminal acetylenes is 1. The van der Waals surface area contributed by atoms with Gasteiger partial charge in [-0.15, -0.1) is 6.42 Å². The lowest BCUT2D eigenvalue weighted by Gasteiger charge is -2.21. The van der Waals surface area contributed by atoms with Crippen molar-refractivity contribution in [1.29, 1.82) is 0 Å². The van der Waals surface area contributed by atoms with E-state index in [9.17, 15) is 8.42 Å². The highest BCUT2D eigenvalue weighted by Crippen LogP contribution is 2.28. The minimum Gasteiger partial charge on any atom is -0.495 e. The van der Waals surface area contributed by atoms with Crippen molar-refractivity contribution in [3.05, 3.63) is 23.8 Å². The summed E-state index contributed by atoms with van der Waals surface area (Å²) in [7, 11) is -0.367. The fourth-order valence-electron chi connectivity index (χ4n) is 2.01. The Labute approximate surface area is 127 Å². The van der Waals surface area contributed by atoms with Gasteiger partial charge in [-0.2, -0.15) is 4.31 Å². The van der Waals surface area contributed by atoms with Crippen LogP contribution in [-0.4, -0.2) is 40.0 Å². The number of benzene rings is 1. The molecule has 1 N–H and O–H groups in total. The lowest BCUT2D eigenvalue weighted by molar-refractivity contribution is 0.395. The van der Waals surface area contributed by atoms with E-state index >= 15 is 0 Å². The Hall–Kier alpha value is -1.55. The molecule has 21 heavy (non-hydrogen) atoms. The Morgan fingerprint density at radius 3 is 2.67 bits per heavy atom. The maximum Gasteiger partial charge on any atom is 0.247 e. The molecule has 6 heteroatoms. The van der Waals surface area contributed by atoms with Crippen LogP contribution >= 0.6 is 0 Å². The molecule has 0 bridgehead atoms. The zero-order valence-corrected chi connectivity index (χ0v) is 13.5. The Bertz CT molecular complexity index is 606. The van der Waals surface area contributed by atoms with Gasteiger partial charge in [0.15, 0.2) is 0 Å². The summed E-state index contributed by atoms with van der Waals surface area (Å²) < 4.78 is 31.9. The monoisotopic (exact) mass is 310 g/mol. The molecule has 1 aromatic carbocycles. The van der Waals surface area contributed by atoms with E-state index in [-0.39, 0.29) is 11.4 Å². The summed E-state index contributed by atoms with van der Waals surface area (Å²) >= 11 is 0. The van der Waals surface area contributed by atoms with E-state index < -0.39 is 10.0 Å². The second-order valence-electron chi connectivity index (χ2n) is 4.56. The third-order valence-corrected chi connectivity index (χ3v) is 4.85. The van der Waals surface area contributed by atoms with Crippen molar-refractivity contribution < 1.29 is 13.2 Å². The van der Waals surface area contributed by atoms with E-state index in [0.717, 1.165) is 5.56 Å². The highest BCUT2D eigenvalue weighted by atomic mass is 32.2. The largest absolute Gasteiger partial charge is 0.495 e. The van der Waals surface area contributed by atoms with Crippen LogP contribution in [0, 0.1) is 12.3 Å². The molecule has 116 valence electrons. The first-order valence-electron chi connectivity index (χ1n) is 6.76. The summed E-state index contributed by atoms with van der Waals surface area (Å²) in [6.45, 7) is 2.98. The molecule has 0 spiro atoms.